The first kappa shape index (κ1) is 21.4. The first-order chi connectivity index (χ1) is 13.2. The Bertz CT molecular complexity index is 984. The van der Waals surface area contributed by atoms with Gasteiger partial charge in [-0.15, -0.1) is 0 Å². The molecule has 0 aliphatic rings. The van der Waals surface area contributed by atoms with Gasteiger partial charge in [-0.2, -0.15) is 0 Å². The van der Waals surface area contributed by atoms with Crippen LogP contribution in [0.2, 0.25) is 0 Å². The summed E-state index contributed by atoms with van der Waals surface area (Å²) in [5, 5.41) is 0. The number of methoxy groups -OCH3 is 2. The van der Waals surface area contributed by atoms with Gasteiger partial charge in [-0.3, -0.25) is 4.79 Å². The second kappa shape index (κ2) is 8.85. The van der Waals surface area contributed by atoms with E-state index in [0.717, 1.165) is 4.31 Å². The molecule has 0 heterocycles. The van der Waals surface area contributed by atoms with E-state index in [-0.39, 0.29) is 16.0 Å². The van der Waals surface area contributed by atoms with Crippen LogP contribution in [0.5, 0.6) is 11.5 Å². The molecule has 2 aromatic rings. The molecule has 0 unspecified atom stereocenters. The number of nitrogens with zero attached hydrogens (tertiary/aromatic N) is 1. The number of hydrogen-bond acceptors (Lipinski definition) is 7. The third kappa shape index (κ3) is 4.68. The van der Waals surface area contributed by atoms with Crippen molar-refractivity contribution in [2.24, 2.45) is 0 Å². The molecule has 0 aliphatic heterocycles. The molecule has 0 N–H and O–H groups in total. The molecule has 0 radical (unpaired) electrons. The summed E-state index contributed by atoms with van der Waals surface area (Å²) in [7, 11) is 1.96. The lowest BCUT2D eigenvalue weighted by atomic mass is 10.1. The summed E-state index contributed by atoms with van der Waals surface area (Å²) in [5.74, 6) is -0.523. The van der Waals surface area contributed by atoms with Crippen molar-refractivity contribution in [1.82, 2.24) is 4.31 Å². The van der Waals surface area contributed by atoms with E-state index in [9.17, 15) is 18.0 Å². The number of sulfonamides is 1. The lowest BCUT2D eigenvalue weighted by molar-refractivity contribution is 0.0473. The zero-order valence-electron chi connectivity index (χ0n) is 16.0. The molecule has 0 saturated heterocycles. The number of ether oxygens (including phenoxy) is 3. The fraction of sp³-hybridized carbons (Fsp3) is 0.263. The van der Waals surface area contributed by atoms with Crippen LogP contribution in [0, 0.1) is 0 Å². The highest BCUT2D eigenvalue weighted by atomic mass is 32.2. The summed E-state index contributed by atoms with van der Waals surface area (Å²) < 4.78 is 40.7. The summed E-state index contributed by atoms with van der Waals surface area (Å²) >= 11 is 0. The van der Waals surface area contributed by atoms with E-state index in [1.165, 1.54) is 58.6 Å². The van der Waals surface area contributed by atoms with E-state index in [4.69, 9.17) is 14.2 Å². The van der Waals surface area contributed by atoms with Gasteiger partial charge in [0.1, 0.15) is 11.5 Å². The quantitative estimate of drug-likeness (QED) is 0.487. The molecule has 0 amide bonds. The number of esters is 1. The largest absolute Gasteiger partial charge is 0.497 e. The standard InChI is InChI=1S/C19H21NO7S/c1-20(2)28(23,24)15-7-5-6-13(10-15)19(22)27-12-17(21)16-11-14(25-3)8-9-18(16)26-4/h5-11H,12H2,1-4H3. The molecule has 0 atom stereocenters. The van der Waals surface area contributed by atoms with Gasteiger partial charge in [-0.25, -0.2) is 17.5 Å². The number of ketones is 1. The summed E-state index contributed by atoms with van der Waals surface area (Å²) in [5.41, 5.74) is 0.229. The second-order valence-electron chi connectivity index (χ2n) is 5.88. The lowest BCUT2D eigenvalue weighted by Crippen LogP contribution is -2.22. The summed E-state index contributed by atoms with van der Waals surface area (Å²) in [4.78, 5) is 24.6. The van der Waals surface area contributed by atoms with Gasteiger partial charge in [-0.1, -0.05) is 6.07 Å². The molecule has 0 fully saturated rings. The zero-order chi connectivity index (χ0) is 20.9. The first-order valence-corrected chi connectivity index (χ1v) is 9.59. The Morgan fingerprint density at radius 2 is 1.71 bits per heavy atom. The molecule has 150 valence electrons. The van der Waals surface area contributed by atoms with E-state index in [2.05, 4.69) is 0 Å². The Morgan fingerprint density at radius 1 is 1.00 bits per heavy atom. The van der Waals surface area contributed by atoms with Crippen molar-refractivity contribution < 1.29 is 32.2 Å². The fourth-order valence-corrected chi connectivity index (χ4v) is 3.27. The average molecular weight is 407 g/mol. The molecule has 28 heavy (non-hydrogen) atoms. The Morgan fingerprint density at radius 3 is 2.32 bits per heavy atom. The highest BCUT2D eigenvalue weighted by Crippen LogP contribution is 2.24. The van der Waals surface area contributed by atoms with Gasteiger partial charge in [0.15, 0.2) is 6.61 Å². The summed E-state index contributed by atoms with van der Waals surface area (Å²) in [6.07, 6.45) is 0. The van der Waals surface area contributed by atoms with Crippen molar-refractivity contribution in [2.75, 3.05) is 34.9 Å². The molecular formula is C19H21NO7S. The fourth-order valence-electron chi connectivity index (χ4n) is 2.32. The predicted molar refractivity (Wildman–Crippen MR) is 101 cm³/mol. The molecule has 8 nitrogen and oxygen atoms in total. The molecule has 9 heteroatoms. The first-order valence-electron chi connectivity index (χ1n) is 8.15. The van der Waals surface area contributed by atoms with Gasteiger partial charge in [0.2, 0.25) is 15.8 Å². The average Bonchev–Trinajstić information content (AvgIpc) is 2.71. The van der Waals surface area contributed by atoms with Crippen LogP contribution in [0.25, 0.3) is 0 Å². The minimum Gasteiger partial charge on any atom is -0.497 e. The Balaban J connectivity index is 2.16. The predicted octanol–water partition coefficient (Wildman–Crippen LogP) is 1.99. The van der Waals surface area contributed by atoms with Crippen LogP contribution in [0.3, 0.4) is 0 Å². The van der Waals surface area contributed by atoms with Crippen molar-refractivity contribution in [3.8, 4) is 11.5 Å². The number of rotatable bonds is 8. The molecule has 0 saturated carbocycles. The summed E-state index contributed by atoms with van der Waals surface area (Å²) in [6.45, 7) is -0.535. The van der Waals surface area contributed by atoms with Crippen LogP contribution in [0.15, 0.2) is 47.4 Å². The van der Waals surface area contributed by atoms with Gasteiger partial charge in [0.05, 0.1) is 30.2 Å². The number of carbonyl (C=O) groups is 2. The molecule has 0 bridgehead atoms. The van der Waals surface area contributed by atoms with E-state index in [1.807, 2.05) is 0 Å². The number of Topliss-reactive ketones (excluding diaryl/α,β-unsaturated/α-hetero) is 1. The second-order valence-corrected chi connectivity index (χ2v) is 8.03. The van der Waals surface area contributed by atoms with Crippen LogP contribution in [-0.2, 0) is 14.8 Å². The van der Waals surface area contributed by atoms with E-state index < -0.39 is 28.4 Å². The minimum absolute atomic E-state index is 0.0216. The lowest BCUT2D eigenvalue weighted by Gasteiger charge is -2.12. The van der Waals surface area contributed by atoms with Gasteiger partial charge < -0.3 is 14.2 Å². The monoisotopic (exact) mass is 407 g/mol. The van der Waals surface area contributed by atoms with E-state index >= 15 is 0 Å². The van der Waals surface area contributed by atoms with Crippen LogP contribution < -0.4 is 9.47 Å². The topological polar surface area (TPSA) is 99.2 Å². The van der Waals surface area contributed by atoms with Crippen LogP contribution in [-0.4, -0.2) is 59.4 Å². The third-order valence-corrected chi connectivity index (χ3v) is 5.70. The van der Waals surface area contributed by atoms with Gasteiger partial charge in [0.25, 0.3) is 0 Å². The highest BCUT2D eigenvalue weighted by Gasteiger charge is 2.20. The Kier molecular flexibility index (Phi) is 6.76. The van der Waals surface area contributed by atoms with Crippen LogP contribution in [0.1, 0.15) is 20.7 Å². The molecular weight excluding hydrogens is 386 g/mol. The smallest absolute Gasteiger partial charge is 0.338 e. The number of carbonyl (C=O) groups excluding carboxylic acids is 2. The Hall–Kier alpha value is -2.91. The molecule has 0 spiro atoms. The minimum atomic E-state index is -3.70. The maximum atomic E-state index is 12.4. The maximum Gasteiger partial charge on any atom is 0.338 e. The van der Waals surface area contributed by atoms with Crippen LogP contribution >= 0.6 is 0 Å². The molecule has 0 aromatic heterocycles. The van der Waals surface area contributed by atoms with Crippen LogP contribution in [0.4, 0.5) is 0 Å². The maximum absolute atomic E-state index is 12.4. The van der Waals surface area contributed by atoms with E-state index in [1.54, 1.807) is 12.1 Å². The van der Waals surface area contributed by atoms with Gasteiger partial charge in [-0.05, 0) is 36.4 Å². The van der Waals surface area contributed by atoms with Crippen molar-refractivity contribution >= 4 is 21.8 Å². The van der Waals surface area contributed by atoms with Gasteiger partial charge >= 0.3 is 5.97 Å². The SMILES string of the molecule is COc1ccc(OC)c(C(=O)COC(=O)c2cccc(S(=O)(=O)N(C)C)c2)c1. The van der Waals surface area contributed by atoms with Crippen molar-refractivity contribution in [3.05, 3.63) is 53.6 Å². The number of benzene rings is 2. The molecule has 0 aliphatic carbocycles. The molecule has 2 rings (SSSR count). The third-order valence-electron chi connectivity index (χ3n) is 3.89. The van der Waals surface area contributed by atoms with Crippen molar-refractivity contribution in [2.45, 2.75) is 4.90 Å². The molecule has 2 aromatic carbocycles. The van der Waals surface area contributed by atoms with Gasteiger partial charge in [0, 0.05) is 14.1 Å². The number of hydrogen-bond donors (Lipinski definition) is 0. The highest BCUT2D eigenvalue weighted by molar-refractivity contribution is 7.89. The van der Waals surface area contributed by atoms with Crippen molar-refractivity contribution in [3.63, 3.8) is 0 Å². The van der Waals surface area contributed by atoms with E-state index in [0.29, 0.717) is 11.5 Å². The van der Waals surface area contributed by atoms with Crippen molar-refractivity contribution in [1.29, 1.82) is 0 Å². The normalized spacial score (nSPS) is 11.2. The zero-order valence-corrected chi connectivity index (χ0v) is 16.8. The summed E-state index contributed by atoms with van der Waals surface area (Å²) in [6, 6.07) is 10.1. The Labute approximate surface area is 163 Å².